The highest BCUT2D eigenvalue weighted by Gasteiger charge is 2.33. The van der Waals surface area contributed by atoms with Crippen molar-refractivity contribution in [2.75, 3.05) is 40.0 Å². The number of nitrogens with one attached hydrogen (secondary N) is 1. The molecule has 1 fully saturated rings. The average Bonchev–Trinajstić information content (AvgIpc) is 2.88. The molecule has 2 aliphatic rings. The number of hydrogen-bond donors (Lipinski definition) is 1. The van der Waals surface area contributed by atoms with Crippen LogP contribution >= 0.6 is 0 Å². The number of amides is 1. The van der Waals surface area contributed by atoms with E-state index in [-0.39, 0.29) is 11.9 Å². The van der Waals surface area contributed by atoms with Crippen molar-refractivity contribution in [3.05, 3.63) is 89.5 Å². The minimum absolute atomic E-state index is 0.0232. The fraction of sp³-hybridized carbons (Fsp3) is 0.296. The molecule has 3 aromatic rings. The van der Waals surface area contributed by atoms with Gasteiger partial charge < -0.3 is 19.5 Å². The van der Waals surface area contributed by atoms with Gasteiger partial charge >= 0.3 is 0 Å². The first-order valence-electron chi connectivity index (χ1n) is 11.3. The van der Waals surface area contributed by atoms with E-state index in [4.69, 9.17) is 14.2 Å². The van der Waals surface area contributed by atoms with Crippen LogP contribution in [0.1, 0.15) is 28.7 Å². The molecule has 5 rings (SSSR count). The third kappa shape index (κ3) is 4.45. The molecule has 0 aliphatic carbocycles. The Bertz CT molecular complexity index is 1060. The molecule has 0 radical (unpaired) electrons. The van der Waals surface area contributed by atoms with Gasteiger partial charge in [-0.15, -0.1) is 0 Å². The van der Waals surface area contributed by atoms with Gasteiger partial charge in [0.25, 0.3) is 0 Å². The summed E-state index contributed by atoms with van der Waals surface area (Å²) in [6, 6.07) is 23.7. The van der Waals surface area contributed by atoms with E-state index in [1.165, 1.54) is 0 Å². The number of ether oxygens (including phenoxy) is 3. The Morgan fingerprint density at radius 3 is 2.18 bits per heavy atom. The number of nitrogens with zero attached hydrogens (tertiary/aromatic N) is 1. The molecule has 6 heteroatoms. The largest absolute Gasteiger partial charge is 0.497 e. The standard InChI is InChI=1S/C27H28N2O4/c1-31-20-12-10-19(11-13-20)23(29-14-16-32-17-15-29)18-28-27(30)26-21-6-2-4-8-24(21)33-25-9-5-3-7-22(25)26/h2-13,23,26H,14-18H2,1H3,(H,28,30). The van der Waals surface area contributed by atoms with Gasteiger partial charge in [0.1, 0.15) is 17.2 Å². The van der Waals surface area contributed by atoms with E-state index >= 15 is 0 Å². The summed E-state index contributed by atoms with van der Waals surface area (Å²) in [6.45, 7) is 3.56. The van der Waals surface area contributed by atoms with E-state index in [1.807, 2.05) is 60.7 Å². The normalized spacial score (nSPS) is 16.8. The van der Waals surface area contributed by atoms with Gasteiger partial charge in [-0.3, -0.25) is 9.69 Å². The van der Waals surface area contributed by atoms with Gasteiger partial charge in [-0.1, -0.05) is 48.5 Å². The number of methoxy groups -OCH3 is 1. The number of carbonyl (C=O) groups excluding carboxylic acids is 1. The van der Waals surface area contributed by atoms with Crippen molar-refractivity contribution in [2.45, 2.75) is 12.0 Å². The molecule has 1 amide bonds. The molecule has 0 aromatic heterocycles. The number of morpholine rings is 1. The highest BCUT2D eigenvalue weighted by Crippen LogP contribution is 2.44. The maximum atomic E-state index is 13.6. The maximum absolute atomic E-state index is 13.6. The summed E-state index contributed by atoms with van der Waals surface area (Å²) in [5.74, 6) is 1.85. The molecule has 170 valence electrons. The zero-order valence-electron chi connectivity index (χ0n) is 18.7. The predicted octanol–water partition coefficient (Wildman–Crippen LogP) is 4.12. The zero-order valence-corrected chi connectivity index (χ0v) is 18.7. The van der Waals surface area contributed by atoms with Crippen LogP contribution in [0.2, 0.25) is 0 Å². The van der Waals surface area contributed by atoms with Gasteiger partial charge in [-0.05, 0) is 29.8 Å². The Balaban J connectivity index is 1.40. The minimum Gasteiger partial charge on any atom is -0.497 e. The quantitative estimate of drug-likeness (QED) is 0.620. The second kappa shape index (κ2) is 9.65. The second-order valence-electron chi connectivity index (χ2n) is 8.29. The Labute approximate surface area is 194 Å². The van der Waals surface area contributed by atoms with E-state index in [9.17, 15) is 4.79 Å². The second-order valence-corrected chi connectivity index (χ2v) is 8.29. The van der Waals surface area contributed by atoms with Crippen molar-refractivity contribution in [1.82, 2.24) is 10.2 Å². The summed E-state index contributed by atoms with van der Waals surface area (Å²) < 4.78 is 16.9. The fourth-order valence-electron chi connectivity index (χ4n) is 4.66. The first-order chi connectivity index (χ1) is 16.2. The van der Waals surface area contributed by atoms with E-state index in [0.29, 0.717) is 19.8 Å². The Morgan fingerprint density at radius 2 is 1.58 bits per heavy atom. The van der Waals surface area contributed by atoms with Gasteiger partial charge in [-0.25, -0.2) is 0 Å². The summed E-state index contributed by atoms with van der Waals surface area (Å²) in [6.07, 6.45) is 0. The summed E-state index contributed by atoms with van der Waals surface area (Å²) in [7, 11) is 1.66. The Kier molecular flexibility index (Phi) is 6.28. The Morgan fingerprint density at radius 1 is 0.970 bits per heavy atom. The summed E-state index contributed by atoms with van der Waals surface area (Å²) in [5, 5.41) is 3.25. The molecule has 2 aliphatic heterocycles. The number of hydrogen-bond acceptors (Lipinski definition) is 5. The van der Waals surface area contributed by atoms with Crippen molar-refractivity contribution in [3.8, 4) is 17.2 Å². The fourth-order valence-corrected chi connectivity index (χ4v) is 4.66. The van der Waals surface area contributed by atoms with Crippen LogP contribution in [0.25, 0.3) is 0 Å². The molecule has 1 unspecified atom stereocenters. The van der Waals surface area contributed by atoms with Crippen LogP contribution in [0, 0.1) is 0 Å². The first kappa shape index (κ1) is 21.5. The van der Waals surface area contributed by atoms with Crippen LogP contribution in [-0.4, -0.2) is 50.8 Å². The van der Waals surface area contributed by atoms with Crippen LogP contribution in [0.3, 0.4) is 0 Å². The lowest BCUT2D eigenvalue weighted by molar-refractivity contribution is -0.122. The maximum Gasteiger partial charge on any atom is 0.232 e. The van der Waals surface area contributed by atoms with Crippen molar-refractivity contribution in [3.63, 3.8) is 0 Å². The summed E-state index contributed by atoms with van der Waals surface area (Å²) in [4.78, 5) is 16.0. The molecule has 2 heterocycles. The lowest BCUT2D eigenvalue weighted by Gasteiger charge is -2.35. The molecule has 0 spiro atoms. The van der Waals surface area contributed by atoms with Crippen LogP contribution < -0.4 is 14.8 Å². The summed E-state index contributed by atoms with van der Waals surface area (Å²) in [5.41, 5.74) is 2.92. The van der Waals surface area contributed by atoms with Crippen LogP contribution in [0.5, 0.6) is 17.2 Å². The van der Waals surface area contributed by atoms with Gasteiger partial charge in [0, 0.05) is 30.8 Å². The van der Waals surface area contributed by atoms with E-state index in [1.54, 1.807) is 7.11 Å². The van der Waals surface area contributed by atoms with Gasteiger partial charge in [0.05, 0.1) is 32.3 Å². The Hall–Kier alpha value is -3.35. The molecular formula is C27H28N2O4. The van der Waals surface area contributed by atoms with Crippen LogP contribution in [0.15, 0.2) is 72.8 Å². The molecule has 0 bridgehead atoms. The number of rotatable bonds is 6. The molecule has 3 aromatic carbocycles. The molecule has 6 nitrogen and oxygen atoms in total. The molecule has 1 saturated heterocycles. The van der Waals surface area contributed by atoms with Crippen molar-refractivity contribution < 1.29 is 19.0 Å². The molecule has 0 saturated carbocycles. The lowest BCUT2D eigenvalue weighted by atomic mass is 9.87. The van der Waals surface area contributed by atoms with Gasteiger partial charge in [0.15, 0.2) is 0 Å². The third-order valence-corrected chi connectivity index (χ3v) is 6.40. The van der Waals surface area contributed by atoms with E-state index in [2.05, 4.69) is 22.3 Å². The van der Waals surface area contributed by atoms with Crippen molar-refractivity contribution in [2.24, 2.45) is 0 Å². The van der Waals surface area contributed by atoms with Crippen LogP contribution in [0.4, 0.5) is 0 Å². The SMILES string of the molecule is COc1ccc(C(CNC(=O)C2c3ccccc3Oc3ccccc32)N2CCOCC2)cc1. The molecule has 33 heavy (non-hydrogen) atoms. The molecule has 1 N–H and O–H groups in total. The highest BCUT2D eigenvalue weighted by molar-refractivity contribution is 5.89. The average molecular weight is 445 g/mol. The van der Waals surface area contributed by atoms with Crippen LogP contribution in [-0.2, 0) is 9.53 Å². The first-order valence-corrected chi connectivity index (χ1v) is 11.3. The van der Waals surface area contributed by atoms with Crippen molar-refractivity contribution >= 4 is 5.91 Å². The van der Waals surface area contributed by atoms with Crippen molar-refractivity contribution in [1.29, 1.82) is 0 Å². The number of fused-ring (bicyclic) bond motifs is 2. The molecular weight excluding hydrogens is 416 g/mol. The summed E-state index contributed by atoms with van der Waals surface area (Å²) >= 11 is 0. The monoisotopic (exact) mass is 444 g/mol. The lowest BCUT2D eigenvalue weighted by Crippen LogP contribution is -2.44. The highest BCUT2D eigenvalue weighted by atomic mass is 16.5. The molecule has 1 atom stereocenters. The number of para-hydroxylation sites is 2. The smallest absolute Gasteiger partial charge is 0.232 e. The van der Waals surface area contributed by atoms with Gasteiger partial charge in [-0.2, -0.15) is 0 Å². The predicted molar refractivity (Wildman–Crippen MR) is 126 cm³/mol. The zero-order chi connectivity index (χ0) is 22.6. The third-order valence-electron chi connectivity index (χ3n) is 6.40. The van der Waals surface area contributed by atoms with E-state index < -0.39 is 5.92 Å². The minimum atomic E-state index is -0.410. The van der Waals surface area contributed by atoms with E-state index in [0.717, 1.165) is 47.0 Å². The number of carbonyl (C=O) groups is 1. The topological polar surface area (TPSA) is 60.0 Å². The van der Waals surface area contributed by atoms with Gasteiger partial charge in [0.2, 0.25) is 5.91 Å². The number of benzene rings is 3.